The maximum absolute atomic E-state index is 10.1. The normalized spacial score (nSPS) is 21.6. The van der Waals surface area contributed by atoms with Crippen LogP contribution in [0.15, 0.2) is 29.6 Å². The molecule has 0 aliphatic carbocycles. The number of benzene rings is 1. The van der Waals surface area contributed by atoms with Crippen molar-refractivity contribution in [1.82, 2.24) is 4.98 Å². The van der Waals surface area contributed by atoms with Gasteiger partial charge in [0.2, 0.25) is 0 Å². The summed E-state index contributed by atoms with van der Waals surface area (Å²) in [5.74, 6) is 0. The summed E-state index contributed by atoms with van der Waals surface area (Å²) in [5, 5.41) is 22.8. The Morgan fingerprint density at radius 2 is 2.22 bits per heavy atom. The molecule has 1 aliphatic heterocycles. The van der Waals surface area contributed by atoms with E-state index >= 15 is 0 Å². The van der Waals surface area contributed by atoms with Crippen molar-refractivity contribution < 1.29 is 10.2 Å². The molecule has 0 unspecified atom stereocenters. The van der Waals surface area contributed by atoms with Crippen molar-refractivity contribution >= 4 is 28.1 Å². The van der Waals surface area contributed by atoms with Crippen LogP contribution in [0.3, 0.4) is 0 Å². The van der Waals surface area contributed by atoms with Gasteiger partial charge in [-0.25, -0.2) is 4.98 Å². The molecule has 1 atom stereocenters. The largest absolute Gasteiger partial charge is 0.396 e. The van der Waals surface area contributed by atoms with Crippen molar-refractivity contribution in [3.8, 4) is 0 Å². The van der Waals surface area contributed by atoms with E-state index in [0.717, 1.165) is 48.1 Å². The van der Waals surface area contributed by atoms with E-state index in [1.54, 1.807) is 11.3 Å². The first-order chi connectivity index (χ1) is 11.1. The van der Waals surface area contributed by atoms with Crippen LogP contribution in [0, 0.1) is 5.41 Å². The highest BCUT2D eigenvalue weighted by atomic mass is 35.5. The van der Waals surface area contributed by atoms with E-state index in [2.05, 4.69) is 16.0 Å². The first-order valence-corrected chi connectivity index (χ1v) is 9.05. The number of rotatable bonds is 5. The van der Waals surface area contributed by atoms with Crippen LogP contribution < -0.4 is 4.90 Å². The Balaban J connectivity index is 1.78. The summed E-state index contributed by atoms with van der Waals surface area (Å²) >= 11 is 7.64. The molecule has 1 aliphatic rings. The van der Waals surface area contributed by atoms with E-state index in [-0.39, 0.29) is 18.6 Å². The molecule has 3 rings (SSSR count). The molecule has 1 aromatic heterocycles. The molecule has 1 saturated heterocycles. The van der Waals surface area contributed by atoms with Crippen LogP contribution in [0.2, 0.25) is 5.02 Å². The fraction of sp³-hybridized carbons (Fsp3) is 0.471. The Bertz CT molecular complexity index is 664. The zero-order chi connectivity index (χ0) is 16.3. The summed E-state index contributed by atoms with van der Waals surface area (Å²) in [6.45, 7) is 1.83. The van der Waals surface area contributed by atoms with Gasteiger partial charge in [0, 0.05) is 28.9 Å². The molecule has 1 aromatic carbocycles. The molecule has 23 heavy (non-hydrogen) atoms. The molecule has 4 nitrogen and oxygen atoms in total. The highest BCUT2D eigenvalue weighted by Crippen LogP contribution is 2.36. The van der Waals surface area contributed by atoms with Gasteiger partial charge < -0.3 is 15.1 Å². The summed E-state index contributed by atoms with van der Waals surface area (Å²) in [6, 6.07) is 7.87. The van der Waals surface area contributed by atoms with Crippen molar-refractivity contribution in [3.05, 3.63) is 45.9 Å². The molecule has 2 N–H and O–H groups in total. The minimum absolute atomic E-state index is 0.0298. The fourth-order valence-corrected chi connectivity index (χ4v) is 4.35. The number of aliphatic hydroxyl groups is 2. The predicted molar refractivity (Wildman–Crippen MR) is 94.2 cm³/mol. The Hall–Kier alpha value is -1.14. The molecular weight excluding hydrogens is 332 g/mol. The van der Waals surface area contributed by atoms with Crippen LogP contribution in [0.5, 0.6) is 0 Å². The third-order valence-corrected chi connectivity index (χ3v) is 5.62. The SMILES string of the molecule is OCc1csc(N2CCC[C@](CO)(Cc3cccc(Cl)c3)C2)n1. The maximum Gasteiger partial charge on any atom is 0.185 e. The third-order valence-electron chi connectivity index (χ3n) is 4.44. The summed E-state index contributed by atoms with van der Waals surface area (Å²) in [7, 11) is 0. The zero-order valence-corrected chi connectivity index (χ0v) is 14.5. The van der Waals surface area contributed by atoms with E-state index in [4.69, 9.17) is 11.6 Å². The van der Waals surface area contributed by atoms with E-state index in [1.807, 2.05) is 23.6 Å². The topological polar surface area (TPSA) is 56.6 Å². The smallest absolute Gasteiger partial charge is 0.185 e. The van der Waals surface area contributed by atoms with Gasteiger partial charge in [0.1, 0.15) is 0 Å². The zero-order valence-electron chi connectivity index (χ0n) is 12.9. The van der Waals surface area contributed by atoms with Crippen molar-refractivity contribution in [3.63, 3.8) is 0 Å². The lowest BCUT2D eigenvalue weighted by Crippen LogP contribution is -2.46. The van der Waals surface area contributed by atoms with Crippen molar-refractivity contribution in [2.75, 3.05) is 24.6 Å². The van der Waals surface area contributed by atoms with Crippen LogP contribution in [-0.4, -0.2) is 34.9 Å². The van der Waals surface area contributed by atoms with E-state index < -0.39 is 0 Å². The van der Waals surface area contributed by atoms with Gasteiger partial charge in [-0.15, -0.1) is 11.3 Å². The Morgan fingerprint density at radius 3 is 2.91 bits per heavy atom. The molecule has 0 amide bonds. The van der Waals surface area contributed by atoms with Gasteiger partial charge in [0.15, 0.2) is 5.13 Å². The third kappa shape index (κ3) is 3.86. The Morgan fingerprint density at radius 1 is 1.35 bits per heavy atom. The number of hydrogen-bond donors (Lipinski definition) is 2. The Kier molecular flexibility index (Phi) is 5.21. The highest BCUT2D eigenvalue weighted by Gasteiger charge is 2.36. The van der Waals surface area contributed by atoms with Gasteiger partial charge in [0.25, 0.3) is 0 Å². The van der Waals surface area contributed by atoms with Gasteiger partial charge in [0.05, 0.1) is 18.9 Å². The second-order valence-corrected chi connectivity index (χ2v) is 7.54. The van der Waals surface area contributed by atoms with Gasteiger partial charge >= 0.3 is 0 Å². The average Bonchev–Trinajstić information content (AvgIpc) is 3.04. The number of thiazole rings is 1. The molecule has 0 bridgehead atoms. The number of aliphatic hydroxyl groups excluding tert-OH is 2. The van der Waals surface area contributed by atoms with E-state index in [9.17, 15) is 10.2 Å². The van der Waals surface area contributed by atoms with E-state index in [0.29, 0.717) is 5.69 Å². The fourth-order valence-electron chi connectivity index (χ4n) is 3.29. The molecule has 6 heteroatoms. The van der Waals surface area contributed by atoms with Crippen LogP contribution in [-0.2, 0) is 13.0 Å². The highest BCUT2D eigenvalue weighted by molar-refractivity contribution is 7.13. The van der Waals surface area contributed by atoms with Gasteiger partial charge in [-0.3, -0.25) is 0 Å². The van der Waals surface area contributed by atoms with Gasteiger partial charge in [-0.1, -0.05) is 23.7 Å². The molecule has 2 aromatic rings. The standard InChI is InChI=1S/C17H21ClN2O2S/c18-14-4-1-3-13(7-14)8-17(12-22)5-2-6-20(11-17)16-19-15(9-21)10-23-16/h1,3-4,7,10,21-22H,2,5-6,8-9,11-12H2/t17-/m0/s1. The molecule has 1 fully saturated rings. The maximum atomic E-state index is 10.1. The summed E-state index contributed by atoms with van der Waals surface area (Å²) in [4.78, 5) is 6.70. The van der Waals surface area contributed by atoms with Crippen LogP contribution in [0.4, 0.5) is 5.13 Å². The van der Waals surface area contributed by atoms with E-state index in [1.165, 1.54) is 0 Å². The van der Waals surface area contributed by atoms with Crippen LogP contribution >= 0.6 is 22.9 Å². The van der Waals surface area contributed by atoms with Crippen LogP contribution in [0.25, 0.3) is 0 Å². The second kappa shape index (κ2) is 7.18. The van der Waals surface area contributed by atoms with Crippen molar-refractivity contribution in [2.45, 2.75) is 25.9 Å². The van der Waals surface area contributed by atoms with Crippen LogP contribution in [0.1, 0.15) is 24.1 Å². The number of anilines is 1. The summed E-state index contributed by atoms with van der Waals surface area (Å²) in [5.41, 5.74) is 1.69. The minimum atomic E-state index is -0.173. The predicted octanol–water partition coefficient (Wildman–Crippen LogP) is 3.11. The monoisotopic (exact) mass is 352 g/mol. The lowest BCUT2D eigenvalue weighted by Gasteiger charge is -2.42. The number of halogens is 1. The molecule has 0 radical (unpaired) electrons. The van der Waals surface area contributed by atoms with Crippen molar-refractivity contribution in [1.29, 1.82) is 0 Å². The first kappa shape index (κ1) is 16.7. The average molecular weight is 353 g/mol. The summed E-state index contributed by atoms with van der Waals surface area (Å²) < 4.78 is 0. The molecule has 2 heterocycles. The Labute approximate surface area is 145 Å². The number of hydrogen-bond acceptors (Lipinski definition) is 5. The van der Waals surface area contributed by atoms with Gasteiger partial charge in [-0.05, 0) is 37.0 Å². The number of piperidine rings is 1. The molecular formula is C17H21ClN2O2S. The lowest BCUT2D eigenvalue weighted by molar-refractivity contribution is 0.105. The van der Waals surface area contributed by atoms with Crippen molar-refractivity contribution in [2.24, 2.45) is 5.41 Å². The number of aromatic nitrogens is 1. The van der Waals surface area contributed by atoms with Gasteiger partial charge in [-0.2, -0.15) is 0 Å². The molecule has 0 saturated carbocycles. The number of nitrogens with zero attached hydrogens (tertiary/aromatic N) is 2. The first-order valence-electron chi connectivity index (χ1n) is 7.80. The summed E-state index contributed by atoms with van der Waals surface area (Å²) in [6.07, 6.45) is 2.82. The quantitative estimate of drug-likeness (QED) is 0.868. The molecule has 124 valence electrons. The second-order valence-electron chi connectivity index (χ2n) is 6.27. The minimum Gasteiger partial charge on any atom is -0.396 e. The molecule has 0 spiro atoms. The lowest BCUT2D eigenvalue weighted by atomic mass is 9.76.